The van der Waals surface area contributed by atoms with Crippen LogP contribution >= 0.6 is 0 Å². The lowest BCUT2D eigenvalue weighted by Crippen LogP contribution is -2.63. The summed E-state index contributed by atoms with van der Waals surface area (Å²) in [5.41, 5.74) is -1.63. The fourth-order valence-electron chi connectivity index (χ4n) is 4.95. The van der Waals surface area contributed by atoms with Gasteiger partial charge in [0.2, 0.25) is 6.29 Å². The zero-order valence-corrected chi connectivity index (χ0v) is 24.8. The van der Waals surface area contributed by atoms with Crippen LogP contribution in [0.25, 0.3) is 5.69 Å². The molecule has 0 aliphatic carbocycles. The number of carbonyl (C=O) groups excluding carboxylic acids is 5. The number of hydrogen-bond acceptors (Lipinski definition) is 14. The van der Waals surface area contributed by atoms with Crippen molar-refractivity contribution in [3.05, 3.63) is 63.5 Å². The summed E-state index contributed by atoms with van der Waals surface area (Å²) in [6, 6.07) is 6.53. The second-order valence-corrected chi connectivity index (χ2v) is 9.87. The van der Waals surface area contributed by atoms with Gasteiger partial charge in [0.05, 0.1) is 12.8 Å². The van der Waals surface area contributed by atoms with Gasteiger partial charge < -0.3 is 33.2 Å². The van der Waals surface area contributed by atoms with Crippen molar-refractivity contribution in [2.45, 2.75) is 70.7 Å². The monoisotopic (exact) mass is 633 g/mol. The summed E-state index contributed by atoms with van der Waals surface area (Å²) in [6.07, 6.45) is -6.57. The second-order valence-electron chi connectivity index (χ2n) is 9.87. The minimum absolute atomic E-state index is 0.191. The average molecular weight is 634 g/mol. The predicted octanol–water partition coefficient (Wildman–Crippen LogP) is -0.317. The van der Waals surface area contributed by atoms with E-state index in [4.69, 9.17) is 33.2 Å². The van der Waals surface area contributed by atoms with Crippen LogP contribution in [0, 0.1) is 0 Å². The third kappa shape index (κ3) is 7.04. The van der Waals surface area contributed by atoms with Crippen LogP contribution in [0.4, 0.5) is 0 Å². The Morgan fingerprint density at radius 3 is 1.91 bits per heavy atom. The van der Waals surface area contributed by atoms with Crippen molar-refractivity contribution in [3.8, 4) is 5.69 Å². The van der Waals surface area contributed by atoms with Gasteiger partial charge in [0.15, 0.2) is 30.6 Å². The zero-order chi connectivity index (χ0) is 33.0. The van der Waals surface area contributed by atoms with Gasteiger partial charge in [-0.15, -0.1) is 0 Å². The molecule has 0 radical (unpaired) electrons. The molecule has 0 N–H and O–H groups in total. The van der Waals surface area contributed by atoms with Gasteiger partial charge in [0.1, 0.15) is 12.7 Å². The molecule has 4 rings (SSSR count). The maximum atomic E-state index is 13.8. The van der Waals surface area contributed by atoms with E-state index in [2.05, 4.69) is 0 Å². The molecular formula is C28H31N3O14. The zero-order valence-electron chi connectivity index (χ0n) is 24.8. The SMILES string of the molecule is COC(=O)[C@H]1C=C[C@@H](O[C@@H]2O[C@@H](COC(C)=O)[C@@H](OC(C)=O)[C@H](OC(C)=O)[C@@H]2OC(C)=O)n2c(=O)n(-c3ccccc3)c(=O)n21. The Balaban J connectivity index is 1.83. The molecule has 0 amide bonds. The average Bonchev–Trinajstić information content (AvgIpc) is 3.24. The second kappa shape index (κ2) is 13.7. The number of ether oxygens (including phenoxy) is 7. The number of aromatic nitrogens is 3. The molecule has 242 valence electrons. The van der Waals surface area contributed by atoms with E-state index in [1.807, 2.05) is 0 Å². The van der Waals surface area contributed by atoms with Gasteiger partial charge in [-0.05, 0) is 24.3 Å². The van der Waals surface area contributed by atoms with E-state index in [0.717, 1.165) is 48.7 Å². The molecule has 17 nitrogen and oxygen atoms in total. The topological polar surface area (TPSA) is 199 Å². The van der Waals surface area contributed by atoms with Crippen LogP contribution in [0.15, 0.2) is 52.1 Å². The van der Waals surface area contributed by atoms with Crippen molar-refractivity contribution in [1.82, 2.24) is 13.9 Å². The van der Waals surface area contributed by atoms with E-state index in [0.29, 0.717) is 0 Å². The lowest BCUT2D eigenvalue weighted by Gasteiger charge is -2.44. The number of esters is 5. The van der Waals surface area contributed by atoms with Gasteiger partial charge in [-0.2, -0.15) is 4.68 Å². The summed E-state index contributed by atoms with van der Waals surface area (Å²) in [6.45, 7) is 3.79. The van der Waals surface area contributed by atoms with Crippen molar-refractivity contribution in [1.29, 1.82) is 0 Å². The minimum Gasteiger partial charge on any atom is -0.467 e. The normalized spacial score (nSPS) is 25.4. The van der Waals surface area contributed by atoms with Gasteiger partial charge in [-0.1, -0.05) is 18.2 Å². The van der Waals surface area contributed by atoms with Gasteiger partial charge >= 0.3 is 41.2 Å². The molecule has 1 saturated heterocycles. The molecule has 0 bridgehead atoms. The number of fused-ring (bicyclic) bond motifs is 1. The van der Waals surface area contributed by atoms with E-state index in [-0.39, 0.29) is 5.69 Å². The molecule has 3 heterocycles. The number of hydrogen-bond donors (Lipinski definition) is 0. The summed E-state index contributed by atoms with van der Waals surface area (Å²) in [7, 11) is 1.11. The third-order valence-electron chi connectivity index (χ3n) is 6.65. The van der Waals surface area contributed by atoms with Crippen molar-refractivity contribution < 1.29 is 57.1 Å². The first kappa shape index (κ1) is 32.9. The van der Waals surface area contributed by atoms with E-state index >= 15 is 0 Å². The van der Waals surface area contributed by atoms with E-state index in [1.165, 1.54) is 24.3 Å². The Kier molecular flexibility index (Phi) is 10.0. The molecule has 0 spiro atoms. The first-order chi connectivity index (χ1) is 21.3. The molecule has 1 aromatic heterocycles. The molecule has 45 heavy (non-hydrogen) atoms. The highest BCUT2D eigenvalue weighted by molar-refractivity contribution is 5.76. The van der Waals surface area contributed by atoms with Crippen LogP contribution in [0.5, 0.6) is 0 Å². The van der Waals surface area contributed by atoms with Gasteiger partial charge in [-0.25, -0.2) is 23.6 Å². The highest BCUT2D eigenvalue weighted by Gasteiger charge is 2.53. The highest BCUT2D eigenvalue weighted by Crippen LogP contribution is 2.33. The largest absolute Gasteiger partial charge is 0.467 e. The van der Waals surface area contributed by atoms with Gasteiger partial charge in [0, 0.05) is 27.7 Å². The highest BCUT2D eigenvalue weighted by atomic mass is 16.7. The molecule has 2 aromatic rings. The fourth-order valence-corrected chi connectivity index (χ4v) is 4.95. The van der Waals surface area contributed by atoms with Crippen molar-refractivity contribution in [2.75, 3.05) is 13.7 Å². The summed E-state index contributed by atoms with van der Waals surface area (Å²) in [5.74, 6) is -4.13. The number of nitrogens with zero attached hydrogens (tertiary/aromatic N) is 3. The van der Waals surface area contributed by atoms with Gasteiger partial charge in [-0.3, -0.25) is 19.2 Å². The first-order valence-corrected chi connectivity index (χ1v) is 13.6. The summed E-state index contributed by atoms with van der Waals surface area (Å²) in [5, 5.41) is 0. The van der Waals surface area contributed by atoms with Crippen LogP contribution in [0.1, 0.15) is 40.0 Å². The molecule has 0 saturated carbocycles. The summed E-state index contributed by atoms with van der Waals surface area (Å²) in [4.78, 5) is 88.0. The third-order valence-corrected chi connectivity index (χ3v) is 6.65. The Hall–Kier alpha value is -5.03. The Labute approximate surface area is 254 Å². The van der Waals surface area contributed by atoms with Crippen LogP contribution in [0.2, 0.25) is 0 Å². The Morgan fingerprint density at radius 2 is 1.33 bits per heavy atom. The Morgan fingerprint density at radius 1 is 0.756 bits per heavy atom. The standard InChI is InChI=1S/C28H31N3O14/c1-14(32)40-13-20-22(41-15(2)33)23(42-16(3)34)24(43-17(4)35)26(44-20)45-21-12-11-19(25(36)39-5)30-27(37)29(28(38)31(21)30)18-9-7-6-8-10-18/h6-12,19-24,26H,13H2,1-5H3/t19-,20+,21-,22-,23+,24+,26+/m1/s1. The van der Waals surface area contributed by atoms with E-state index in [9.17, 15) is 33.6 Å². The smallest absolute Gasteiger partial charge is 0.354 e. The van der Waals surface area contributed by atoms with Crippen LogP contribution in [-0.4, -0.2) is 88.2 Å². The molecule has 7 atom stereocenters. The maximum Gasteiger partial charge on any atom is 0.354 e. The molecular weight excluding hydrogens is 602 g/mol. The maximum absolute atomic E-state index is 13.8. The molecule has 17 heteroatoms. The number of rotatable bonds is 9. The first-order valence-electron chi connectivity index (χ1n) is 13.6. The number of benzene rings is 1. The van der Waals surface area contributed by atoms with Crippen molar-refractivity contribution >= 4 is 29.8 Å². The summed E-state index contributed by atoms with van der Waals surface area (Å²) < 4.78 is 40.6. The quantitative estimate of drug-likeness (QED) is 0.198. The lowest BCUT2D eigenvalue weighted by atomic mass is 9.98. The predicted molar refractivity (Wildman–Crippen MR) is 147 cm³/mol. The Bertz CT molecular complexity index is 1610. The molecule has 1 aromatic carbocycles. The van der Waals surface area contributed by atoms with Crippen molar-refractivity contribution in [3.63, 3.8) is 0 Å². The molecule has 0 unspecified atom stereocenters. The van der Waals surface area contributed by atoms with Crippen LogP contribution in [0.3, 0.4) is 0 Å². The summed E-state index contributed by atoms with van der Waals surface area (Å²) >= 11 is 0. The number of para-hydroxylation sites is 1. The minimum atomic E-state index is -1.69. The number of carbonyl (C=O) groups is 5. The fraction of sp³-hybridized carbons (Fsp3) is 0.464. The number of methoxy groups -OCH3 is 1. The van der Waals surface area contributed by atoms with E-state index < -0.39 is 90.8 Å². The van der Waals surface area contributed by atoms with Crippen LogP contribution in [-0.2, 0) is 57.1 Å². The van der Waals surface area contributed by atoms with E-state index in [1.54, 1.807) is 18.2 Å². The van der Waals surface area contributed by atoms with Crippen LogP contribution < -0.4 is 11.4 Å². The lowest BCUT2D eigenvalue weighted by molar-refractivity contribution is -0.321. The molecule has 2 aliphatic heterocycles. The van der Waals surface area contributed by atoms with Crippen molar-refractivity contribution in [2.24, 2.45) is 0 Å². The molecule has 2 aliphatic rings. The van der Waals surface area contributed by atoms with Gasteiger partial charge in [0.25, 0.3) is 0 Å². The molecule has 1 fully saturated rings.